The van der Waals surface area contributed by atoms with E-state index in [9.17, 15) is 22.8 Å². The van der Waals surface area contributed by atoms with Crippen LogP contribution in [0.3, 0.4) is 0 Å². The highest BCUT2D eigenvalue weighted by Crippen LogP contribution is 2.20. The molecule has 0 saturated heterocycles. The first-order valence-electron chi connectivity index (χ1n) is 8.31. The maximum Gasteiger partial charge on any atom is 0.241 e. The summed E-state index contributed by atoms with van der Waals surface area (Å²) < 4.78 is 44.9. The van der Waals surface area contributed by atoms with E-state index >= 15 is 0 Å². The Hall–Kier alpha value is -3.07. The van der Waals surface area contributed by atoms with Crippen LogP contribution in [0.5, 0.6) is 5.75 Å². The smallest absolute Gasteiger partial charge is 0.241 e. The number of nitrogens with one attached hydrogen (secondary N) is 2. The highest BCUT2D eigenvalue weighted by molar-refractivity contribution is 5.96. The molecule has 9 heteroatoms. The Morgan fingerprint density at radius 1 is 1.11 bits per heavy atom. The Labute approximate surface area is 160 Å². The Balaban J connectivity index is 1.95. The minimum absolute atomic E-state index is 0.273. The topological polar surface area (TPSA) is 70.7 Å². The molecule has 0 heterocycles. The number of carbonyl (C=O) groups is 2. The third-order valence-corrected chi connectivity index (χ3v) is 4.08. The molecule has 6 nitrogen and oxygen atoms in total. The summed E-state index contributed by atoms with van der Waals surface area (Å²) in [6.07, 6.45) is 0. The molecule has 2 amide bonds. The molecule has 150 valence electrons. The van der Waals surface area contributed by atoms with Gasteiger partial charge in [-0.2, -0.15) is 0 Å². The van der Waals surface area contributed by atoms with Gasteiger partial charge in [0.05, 0.1) is 25.4 Å². The van der Waals surface area contributed by atoms with Crippen LogP contribution in [0, 0.1) is 17.5 Å². The summed E-state index contributed by atoms with van der Waals surface area (Å²) in [5.41, 5.74) is 0.0451. The van der Waals surface area contributed by atoms with E-state index in [-0.39, 0.29) is 12.5 Å². The molecule has 0 saturated carbocycles. The minimum Gasteiger partial charge on any atom is -0.497 e. The SMILES string of the molecule is COc1cccc(NC(=O)[C@@H](C)N(C)CC(=O)Nc2ccc(F)c(F)c2F)c1. The zero-order chi connectivity index (χ0) is 20.8. The van der Waals surface area contributed by atoms with Crippen LogP contribution in [0.2, 0.25) is 0 Å². The second kappa shape index (κ2) is 9.23. The van der Waals surface area contributed by atoms with Crippen molar-refractivity contribution in [1.29, 1.82) is 0 Å². The summed E-state index contributed by atoms with van der Waals surface area (Å²) in [6.45, 7) is 1.31. The van der Waals surface area contributed by atoms with Gasteiger partial charge in [-0.25, -0.2) is 13.2 Å². The molecule has 2 N–H and O–H groups in total. The molecule has 2 rings (SSSR count). The Morgan fingerprint density at radius 2 is 1.82 bits per heavy atom. The van der Waals surface area contributed by atoms with E-state index in [2.05, 4.69) is 10.6 Å². The van der Waals surface area contributed by atoms with Gasteiger partial charge in [-0.15, -0.1) is 0 Å². The maximum absolute atomic E-state index is 13.6. The summed E-state index contributed by atoms with van der Waals surface area (Å²) in [4.78, 5) is 25.8. The van der Waals surface area contributed by atoms with Crippen molar-refractivity contribution in [2.75, 3.05) is 31.3 Å². The summed E-state index contributed by atoms with van der Waals surface area (Å²) in [5.74, 6) is -4.99. The first-order valence-corrected chi connectivity index (χ1v) is 8.31. The number of ether oxygens (including phenoxy) is 1. The lowest BCUT2D eigenvalue weighted by atomic mass is 10.2. The average molecular weight is 395 g/mol. The lowest BCUT2D eigenvalue weighted by molar-refractivity contribution is -0.122. The van der Waals surface area contributed by atoms with E-state index in [0.717, 1.165) is 6.07 Å². The minimum atomic E-state index is -1.67. The molecule has 0 radical (unpaired) electrons. The van der Waals surface area contributed by atoms with Crippen LogP contribution >= 0.6 is 0 Å². The molecular weight excluding hydrogens is 375 g/mol. The van der Waals surface area contributed by atoms with Gasteiger partial charge in [0.15, 0.2) is 17.5 Å². The molecular formula is C19H20F3N3O3. The molecule has 2 aromatic rings. The van der Waals surface area contributed by atoms with E-state index < -0.39 is 35.1 Å². The summed E-state index contributed by atoms with van der Waals surface area (Å²) in [5, 5.41) is 4.86. The molecule has 0 aliphatic heterocycles. The van der Waals surface area contributed by atoms with E-state index in [0.29, 0.717) is 17.5 Å². The largest absolute Gasteiger partial charge is 0.497 e. The fraction of sp³-hybridized carbons (Fsp3) is 0.263. The molecule has 1 atom stereocenters. The number of methoxy groups -OCH3 is 1. The zero-order valence-corrected chi connectivity index (χ0v) is 15.6. The lowest BCUT2D eigenvalue weighted by Crippen LogP contribution is -2.43. The van der Waals surface area contributed by atoms with Crippen molar-refractivity contribution in [3.8, 4) is 5.75 Å². The van der Waals surface area contributed by atoms with Gasteiger partial charge in [0.2, 0.25) is 11.8 Å². The number of carbonyl (C=O) groups excluding carboxylic acids is 2. The van der Waals surface area contributed by atoms with Gasteiger partial charge in [0.25, 0.3) is 0 Å². The van der Waals surface area contributed by atoms with Crippen LogP contribution in [0.4, 0.5) is 24.5 Å². The normalized spacial score (nSPS) is 11.8. The molecule has 0 aliphatic carbocycles. The summed E-state index contributed by atoms with van der Waals surface area (Å²) in [6, 6.07) is 7.70. The van der Waals surface area contributed by atoms with Crippen molar-refractivity contribution in [2.45, 2.75) is 13.0 Å². The third kappa shape index (κ3) is 5.23. The van der Waals surface area contributed by atoms with Gasteiger partial charge < -0.3 is 15.4 Å². The molecule has 2 aromatic carbocycles. The average Bonchev–Trinajstić information content (AvgIpc) is 2.67. The molecule has 0 fully saturated rings. The highest BCUT2D eigenvalue weighted by atomic mass is 19.2. The fourth-order valence-corrected chi connectivity index (χ4v) is 2.32. The Morgan fingerprint density at radius 3 is 2.50 bits per heavy atom. The van der Waals surface area contributed by atoms with Gasteiger partial charge in [-0.1, -0.05) is 6.07 Å². The second-order valence-corrected chi connectivity index (χ2v) is 6.08. The predicted molar refractivity (Wildman–Crippen MR) is 98.7 cm³/mol. The van der Waals surface area contributed by atoms with Crippen LogP contribution in [-0.4, -0.2) is 43.5 Å². The van der Waals surface area contributed by atoms with Gasteiger partial charge in [0.1, 0.15) is 5.75 Å². The monoisotopic (exact) mass is 395 g/mol. The lowest BCUT2D eigenvalue weighted by Gasteiger charge is -2.23. The number of benzene rings is 2. The first-order chi connectivity index (χ1) is 13.2. The fourth-order valence-electron chi connectivity index (χ4n) is 2.32. The second-order valence-electron chi connectivity index (χ2n) is 6.08. The number of halogens is 3. The summed E-state index contributed by atoms with van der Waals surface area (Å²) >= 11 is 0. The number of amides is 2. The van der Waals surface area contributed by atoms with Gasteiger partial charge in [-0.05, 0) is 38.2 Å². The highest BCUT2D eigenvalue weighted by Gasteiger charge is 2.22. The van der Waals surface area contributed by atoms with Crippen LogP contribution in [0.25, 0.3) is 0 Å². The zero-order valence-electron chi connectivity index (χ0n) is 15.6. The Kier molecular flexibility index (Phi) is 7.00. The molecule has 28 heavy (non-hydrogen) atoms. The molecule has 0 spiro atoms. The van der Waals surface area contributed by atoms with Crippen molar-refractivity contribution in [1.82, 2.24) is 4.90 Å². The van der Waals surface area contributed by atoms with Crippen molar-refractivity contribution < 1.29 is 27.5 Å². The number of hydrogen-bond acceptors (Lipinski definition) is 4. The third-order valence-electron chi connectivity index (χ3n) is 4.08. The van der Waals surface area contributed by atoms with E-state index in [1.54, 1.807) is 31.2 Å². The number of rotatable bonds is 7. The van der Waals surface area contributed by atoms with Gasteiger partial charge in [0, 0.05) is 11.8 Å². The molecule has 0 bridgehead atoms. The van der Waals surface area contributed by atoms with Crippen LogP contribution < -0.4 is 15.4 Å². The number of nitrogens with zero attached hydrogens (tertiary/aromatic N) is 1. The van der Waals surface area contributed by atoms with E-state index in [1.807, 2.05) is 0 Å². The number of likely N-dealkylation sites (N-methyl/N-ethyl adjacent to an activating group) is 1. The van der Waals surface area contributed by atoms with Crippen molar-refractivity contribution in [3.63, 3.8) is 0 Å². The maximum atomic E-state index is 13.6. The molecule has 0 aromatic heterocycles. The summed E-state index contributed by atoms with van der Waals surface area (Å²) in [7, 11) is 3.03. The van der Waals surface area contributed by atoms with Crippen molar-refractivity contribution >= 4 is 23.2 Å². The van der Waals surface area contributed by atoms with Crippen molar-refractivity contribution in [3.05, 3.63) is 53.8 Å². The van der Waals surface area contributed by atoms with E-state index in [4.69, 9.17) is 4.74 Å². The molecule has 0 aliphatic rings. The van der Waals surface area contributed by atoms with Crippen molar-refractivity contribution in [2.24, 2.45) is 0 Å². The van der Waals surface area contributed by atoms with Crippen LogP contribution in [0.1, 0.15) is 6.92 Å². The number of anilines is 2. The predicted octanol–water partition coefficient (Wildman–Crippen LogP) is 3.01. The standard InChI is InChI=1S/C19H20F3N3O3/c1-11(19(27)23-12-5-4-6-13(9-12)28-3)25(2)10-16(26)24-15-8-7-14(20)17(21)18(15)22/h4-9,11H,10H2,1-3H3,(H,23,27)(H,24,26)/t11-/m1/s1. The quantitative estimate of drug-likeness (QED) is 0.707. The van der Waals surface area contributed by atoms with Gasteiger partial charge >= 0.3 is 0 Å². The van der Waals surface area contributed by atoms with E-state index in [1.165, 1.54) is 19.1 Å². The van der Waals surface area contributed by atoms with Gasteiger partial charge in [-0.3, -0.25) is 14.5 Å². The Bertz CT molecular complexity index is 877. The van der Waals surface area contributed by atoms with Crippen LogP contribution in [-0.2, 0) is 9.59 Å². The molecule has 0 unspecified atom stereocenters. The van der Waals surface area contributed by atoms with Crippen LogP contribution in [0.15, 0.2) is 36.4 Å². The number of hydrogen-bond donors (Lipinski definition) is 2. The first kappa shape index (κ1) is 21.2.